The molecule has 1 aromatic carbocycles. The summed E-state index contributed by atoms with van der Waals surface area (Å²) < 4.78 is 0. The Bertz CT molecular complexity index is 467. The fourth-order valence-corrected chi connectivity index (χ4v) is 3.95. The number of aliphatic hydroxyl groups excluding tert-OH is 1. The van der Waals surface area contributed by atoms with Crippen molar-refractivity contribution >= 4 is 11.8 Å². The molecule has 19 heavy (non-hydrogen) atoms. The minimum absolute atomic E-state index is 0.0807. The Morgan fingerprint density at radius 3 is 2.74 bits per heavy atom. The summed E-state index contributed by atoms with van der Waals surface area (Å²) in [6.07, 6.45) is 0. The third-order valence-corrected chi connectivity index (χ3v) is 4.37. The lowest BCUT2D eigenvalue weighted by Crippen LogP contribution is -2.39. The molecule has 0 aromatic heterocycles. The van der Waals surface area contributed by atoms with Gasteiger partial charge < -0.3 is 5.11 Å². The van der Waals surface area contributed by atoms with Gasteiger partial charge in [-0.2, -0.15) is 11.8 Å². The fraction of sp³-hybridized carbons (Fsp3) is 0.500. The number of hydrogen-bond acceptors (Lipinski definition) is 3. The van der Waals surface area contributed by atoms with Crippen molar-refractivity contribution in [1.29, 1.82) is 0 Å². The van der Waals surface area contributed by atoms with Gasteiger partial charge in [-0.1, -0.05) is 37.8 Å². The van der Waals surface area contributed by atoms with Crippen molar-refractivity contribution in [2.75, 3.05) is 19.7 Å². The second kappa shape index (κ2) is 7.00. The Kier molecular flexibility index (Phi) is 5.33. The third kappa shape index (κ3) is 4.58. The molecule has 1 N–H and O–H groups in total. The van der Waals surface area contributed by atoms with Crippen molar-refractivity contribution in [3.63, 3.8) is 0 Å². The molecule has 2 rings (SSSR count). The summed E-state index contributed by atoms with van der Waals surface area (Å²) in [6, 6.07) is 8.31. The molecular weight excluding hydrogens is 254 g/mol. The highest BCUT2D eigenvalue weighted by Gasteiger charge is 2.21. The average Bonchev–Trinajstić information content (AvgIpc) is 2.35. The molecule has 2 unspecified atom stereocenters. The van der Waals surface area contributed by atoms with Gasteiger partial charge in [0.15, 0.2) is 0 Å². The Balaban J connectivity index is 2.02. The van der Waals surface area contributed by atoms with Gasteiger partial charge in [0.2, 0.25) is 0 Å². The largest absolute Gasteiger partial charge is 0.384 e. The van der Waals surface area contributed by atoms with Crippen molar-refractivity contribution in [2.45, 2.75) is 30.9 Å². The van der Waals surface area contributed by atoms with E-state index in [9.17, 15) is 0 Å². The molecule has 0 spiro atoms. The molecule has 0 aliphatic carbocycles. The van der Waals surface area contributed by atoms with E-state index in [1.807, 2.05) is 12.1 Å². The first kappa shape index (κ1) is 14.5. The van der Waals surface area contributed by atoms with E-state index < -0.39 is 0 Å². The lowest BCUT2D eigenvalue weighted by molar-refractivity contribution is 0.263. The van der Waals surface area contributed by atoms with E-state index in [0.29, 0.717) is 10.5 Å². The lowest BCUT2D eigenvalue weighted by Gasteiger charge is -2.34. The first-order valence-corrected chi connectivity index (χ1v) is 7.68. The van der Waals surface area contributed by atoms with E-state index in [2.05, 4.69) is 54.5 Å². The van der Waals surface area contributed by atoms with Gasteiger partial charge in [-0.15, -0.1) is 0 Å². The molecule has 2 nitrogen and oxygen atoms in total. The predicted molar refractivity (Wildman–Crippen MR) is 82.2 cm³/mol. The second-order valence-electron chi connectivity index (χ2n) is 5.11. The van der Waals surface area contributed by atoms with Crippen LogP contribution >= 0.6 is 11.8 Å². The zero-order valence-electron chi connectivity index (χ0n) is 11.6. The van der Waals surface area contributed by atoms with Crippen molar-refractivity contribution in [1.82, 2.24) is 4.90 Å². The molecule has 1 aliphatic rings. The molecule has 0 bridgehead atoms. The Labute approximate surface area is 120 Å². The summed E-state index contributed by atoms with van der Waals surface area (Å²) in [5, 5.41) is 10.2. The van der Waals surface area contributed by atoms with Gasteiger partial charge in [0.25, 0.3) is 0 Å². The molecule has 1 heterocycles. The van der Waals surface area contributed by atoms with Crippen LogP contribution in [-0.2, 0) is 6.54 Å². The number of thioether (sulfide) groups is 1. The number of aliphatic hydroxyl groups is 1. The van der Waals surface area contributed by atoms with Crippen molar-refractivity contribution in [3.8, 4) is 11.8 Å². The molecule has 3 heteroatoms. The van der Waals surface area contributed by atoms with Gasteiger partial charge in [0.1, 0.15) is 6.61 Å². The van der Waals surface area contributed by atoms with Gasteiger partial charge in [-0.25, -0.2) is 0 Å². The van der Waals surface area contributed by atoms with Crippen LogP contribution < -0.4 is 0 Å². The maximum atomic E-state index is 8.73. The Morgan fingerprint density at radius 2 is 2.05 bits per heavy atom. The van der Waals surface area contributed by atoms with Crippen LogP contribution in [0.5, 0.6) is 0 Å². The number of nitrogens with zero attached hydrogens (tertiary/aromatic N) is 1. The van der Waals surface area contributed by atoms with E-state index in [4.69, 9.17) is 5.11 Å². The molecular formula is C16H21NOS. The van der Waals surface area contributed by atoms with Crippen LogP contribution in [-0.4, -0.2) is 40.2 Å². The molecule has 1 aliphatic heterocycles. The summed E-state index contributed by atoms with van der Waals surface area (Å²) in [6.45, 7) is 7.82. The minimum atomic E-state index is -0.0807. The monoisotopic (exact) mass is 275 g/mol. The average molecular weight is 275 g/mol. The van der Waals surface area contributed by atoms with Gasteiger partial charge in [0, 0.05) is 35.7 Å². The van der Waals surface area contributed by atoms with Crippen LogP contribution in [0, 0.1) is 11.8 Å². The predicted octanol–water partition coefficient (Wildman–Crippen LogP) is 2.36. The highest BCUT2D eigenvalue weighted by Crippen LogP contribution is 2.25. The summed E-state index contributed by atoms with van der Waals surface area (Å²) in [5.74, 6) is 5.67. The maximum absolute atomic E-state index is 8.73. The van der Waals surface area contributed by atoms with Crippen LogP contribution in [0.15, 0.2) is 24.3 Å². The van der Waals surface area contributed by atoms with Crippen molar-refractivity contribution < 1.29 is 5.11 Å². The van der Waals surface area contributed by atoms with Crippen LogP contribution in [0.25, 0.3) is 0 Å². The zero-order valence-corrected chi connectivity index (χ0v) is 12.4. The molecule has 1 fully saturated rings. The van der Waals surface area contributed by atoms with Crippen LogP contribution in [0.4, 0.5) is 0 Å². The van der Waals surface area contributed by atoms with Crippen LogP contribution in [0.1, 0.15) is 25.0 Å². The summed E-state index contributed by atoms with van der Waals surface area (Å²) >= 11 is 2.08. The van der Waals surface area contributed by atoms with Crippen LogP contribution in [0.2, 0.25) is 0 Å². The zero-order chi connectivity index (χ0) is 13.7. The molecule has 1 saturated heterocycles. The summed E-state index contributed by atoms with van der Waals surface area (Å²) in [5.41, 5.74) is 2.29. The second-order valence-corrected chi connectivity index (χ2v) is 6.99. The SMILES string of the molecule is CC1CN(Cc2cccc(C#CCO)c2)CC(C)S1. The van der Waals surface area contributed by atoms with E-state index in [0.717, 1.165) is 25.2 Å². The minimum Gasteiger partial charge on any atom is -0.384 e. The topological polar surface area (TPSA) is 23.5 Å². The maximum Gasteiger partial charge on any atom is 0.104 e. The van der Waals surface area contributed by atoms with E-state index in [-0.39, 0.29) is 6.61 Å². The fourth-order valence-electron chi connectivity index (χ4n) is 2.56. The summed E-state index contributed by atoms with van der Waals surface area (Å²) in [7, 11) is 0. The summed E-state index contributed by atoms with van der Waals surface area (Å²) in [4.78, 5) is 2.52. The Morgan fingerprint density at radius 1 is 1.32 bits per heavy atom. The van der Waals surface area contributed by atoms with Gasteiger partial charge in [0.05, 0.1) is 0 Å². The van der Waals surface area contributed by atoms with Crippen LogP contribution in [0.3, 0.4) is 0 Å². The molecule has 0 radical (unpaired) electrons. The van der Waals surface area contributed by atoms with E-state index in [1.165, 1.54) is 5.56 Å². The standard InChI is InChI=1S/C16H21NOS/c1-13-10-17(11-14(2)19-13)12-16-6-3-5-15(9-16)7-4-8-18/h3,5-6,9,13-14,18H,8,10-12H2,1-2H3. The Hall–Kier alpha value is -0.950. The van der Waals surface area contributed by atoms with E-state index >= 15 is 0 Å². The number of hydrogen-bond donors (Lipinski definition) is 1. The highest BCUT2D eigenvalue weighted by atomic mass is 32.2. The molecule has 0 saturated carbocycles. The molecule has 1 aromatic rings. The third-order valence-electron chi connectivity index (χ3n) is 3.14. The first-order valence-electron chi connectivity index (χ1n) is 6.74. The number of rotatable bonds is 2. The van der Waals surface area contributed by atoms with Gasteiger partial charge in [-0.05, 0) is 17.7 Å². The molecule has 2 atom stereocenters. The van der Waals surface area contributed by atoms with Crippen molar-refractivity contribution in [3.05, 3.63) is 35.4 Å². The van der Waals surface area contributed by atoms with Gasteiger partial charge >= 0.3 is 0 Å². The quantitative estimate of drug-likeness (QED) is 0.838. The lowest BCUT2D eigenvalue weighted by atomic mass is 10.1. The highest BCUT2D eigenvalue weighted by molar-refractivity contribution is 8.00. The smallest absolute Gasteiger partial charge is 0.104 e. The number of benzene rings is 1. The normalized spacial score (nSPS) is 23.7. The molecule has 102 valence electrons. The van der Waals surface area contributed by atoms with E-state index in [1.54, 1.807) is 0 Å². The van der Waals surface area contributed by atoms with Crippen molar-refractivity contribution in [2.24, 2.45) is 0 Å². The molecule has 0 amide bonds. The first-order chi connectivity index (χ1) is 9.17. The van der Waals surface area contributed by atoms with Gasteiger partial charge in [-0.3, -0.25) is 4.90 Å².